The van der Waals surface area contributed by atoms with E-state index in [1.807, 2.05) is 0 Å². The van der Waals surface area contributed by atoms with Crippen LogP contribution in [0.25, 0.3) is 0 Å². The second kappa shape index (κ2) is 8.67. The third-order valence-corrected chi connectivity index (χ3v) is 2.77. The van der Waals surface area contributed by atoms with E-state index in [0.29, 0.717) is 18.0 Å². The summed E-state index contributed by atoms with van der Waals surface area (Å²) in [5, 5.41) is 6.92. The lowest BCUT2D eigenvalue weighted by atomic mass is 10.1. The van der Waals surface area contributed by atoms with Crippen LogP contribution in [0.1, 0.15) is 26.3 Å². The first kappa shape index (κ1) is 19.4. The number of guanidine groups is 1. The van der Waals surface area contributed by atoms with Gasteiger partial charge in [0.25, 0.3) is 0 Å². The fourth-order valence-corrected chi connectivity index (χ4v) is 1.84. The molecule has 1 rings (SSSR count). The van der Waals surface area contributed by atoms with Gasteiger partial charge in [0, 0.05) is 24.2 Å². The van der Waals surface area contributed by atoms with Gasteiger partial charge >= 0.3 is 0 Å². The van der Waals surface area contributed by atoms with Gasteiger partial charge in [-0.25, -0.2) is 4.39 Å². The summed E-state index contributed by atoms with van der Waals surface area (Å²) in [6, 6.07) is 4.46. The average Bonchev–Trinajstić information content (AvgIpc) is 2.29. The van der Waals surface area contributed by atoms with Crippen LogP contribution in [0.4, 0.5) is 4.39 Å². The molecular weight excluding hydrogens is 392 g/mol. The van der Waals surface area contributed by atoms with Crippen molar-refractivity contribution in [2.75, 3.05) is 13.6 Å². The molecule has 0 aromatic heterocycles. The Labute approximate surface area is 142 Å². The summed E-state index contributed by atoms with van der Waals surface area (Å²) < 4.78 is 12.9. The minimum Gasteiger partial charge on any atom is -0.356 e. The van der Waals surface area contributed by atoms with Gasteiger partial charge in [-0.1, -0.05) is 17.7 Å². The second-order valence-electron chi connectivity index (χ2n) is 5.36. The monoisotopic (exact) mass is 413 g/mol. The van der Waals surface area contributed by atoms with Gasteiger partial charge in [0.2, 0.25) is 0 Å². The Hall–Kier alpha value is -0.560. The Balaban J connectivity index is 0.00000361. The maximum Gasteiger partial charge on any atom is 0.191 e. The van der Waals surface area contributed by atoms with Crippen molar-refractivity contribution < 1.29 is 4.39 Å². The smallest absolute Gasteiger partial charge is 0.191 e. The Morgan fingerprint density at radius 2 is 2.00 bits per heavy atom. The molecule has 0 aliphatic heterocycles. The molecule has 0 spiro atoms. The maximum atomic E-state index is 12.9. The van der Waals surface area contributed by atoms with E-state index in [1.165, 1.54) is 12.1 Å². The normalized spacial score (nSPS) is 11.8. The van der Waals surface area contributed by atoms with Crippen LogP contribution in [-0.2, 0) is 6.42 Å². The van der Waals surface area contributed by atoms with Crippen molar-refractivity contribution in [2.45, 2.75) is 32.7 Å². The summed E-state index contributed by atoms with van der Waals surface area (Å²) in [6.45, 7) is 6.88. The standard InChI is InChI=1S/C14H21ClFN3.HI/c1-14(2,3)19-13(17-4)18-8-7-10-5-6-11(16)9-12(10)15;/h5-6,9H,7-8H2,1-4H3,(H2,17,18,19);1H. The zero-order valence-electron chi connectivity index (χ0n) is 12.3. The Morgan fingerprint density at radius 1 is 1.35 bits per heavy atom. The van der Waals surface area contributed by atoms with Gasteiger partial charge < -0.3 is 10.6 Å². The van der Waals surface area contributed by atoms with Crippen molar-refractivity contribution in [2.24, 2.45) is 4.99 Å². The first-order valence-electron chi connectivity index (χ1n) is 6.24. The van der Waals surface area contributed by atoms with Gasteiger partial charge in [-0.3, -0.25) is 4.99 Å². The first-order valence-corrected chi connectivity index (χ1v) is 6.62. The first-order chi connectivity index (χ1) is 8.81. The van der Waals surface area contributed by atoms with Crippen LogP contribution in [0.5, 0.6) is 0 Å². The van der Waals surface area contributed by atoms with E-state index < -0.39 is 0 Å². The molecule has 0 heterocycles. The summed E-state index contributed by atoms with van der Waals surface area (Å²) in [5.41, 5.74) is 0.872. The van der Waals surface area contributed by atoms with E-state index in [9.17, 15) is 4.39 Å². The molecule has 1 aromatic rings. The molecule has 0 atom stereocenters. The SMILES string of the molecule is CN=C(NCCc1ccc(F)cc1Cl)NC(C)(C)C.I. The molecule has 0 bridgehead atoms. The van der Waals surface area contributed by atoms with E-state index in [2.05, 4.69) is 36.4 Å². The van der Waals surface area contributed by atoms with Crippen LogP contribution >= 0.6 is 35.6 Å². The number of hydrogen-bond acceptors (Lipinski definition) is 1. The fraction of sp³-hybridized carbons (Fsp3) is 0.500. The summed E-state index contributed by atoms with van der Waals surface area (Å²) in [5.74, 6) is 0.428. The molecular formula is C14H22ClFIN3. The Kier molecular flexibility index (Phi) is 8.42. The number of aliphatic imine (C=N–C) groups is 1. The van der Waals surface area contributed by atoms with E-state index in [1.54, 1.807) is 13.1 Å². The van der Waals surface area contributed by atoms with Crippen molar-refractivity contribution in [3.8, 4) is 0 Å². The predicted octanol–water partition coefficient (Wildman–Crippen LogP) is 3.60. The van der Waals surface area contributed by atoms with Crippen LogP contribution in [-0.4, -0.2) is 25.1 Å². The lowest BCUT2D eigenvalue weighted by Gasteiger charge is -2.23. The highest BCUT2D eigenvalue weighted by Crippen LogP contribution is 2.17. The number of halogens is 3. The molecule has 6 heteroatoms. The lowest BCUT2D eigenvalue weighted by molar-refractivity contribution is 0.501. The molecule has 3 nitrogen and oxygen atoms in total. The van der Waals surface area contributed by atoms with Crippen molar-refractivity contribution in [1.82, 2.24) is 10.6 Å². The lowest BCUT2D eigenvalue weighted by Crippen LogP contribution is -2.48. The number of benzene rings is 1. The molecule has 2 N–H and O–H groups in total. The Morgan fingerprint density at radius 3 is 2.50 bits per heavy atom. The van der Waals surface area contributed by atoms with Crippen molar-refractivity contribution in [3.63, 3.8) is 0 Å². The molecule has 0 aliphatic rings. The minimum absolute atomic E-state index is 0. The van der Waals surface area contributed by atoms with E-state index in [-0.39, 0.29) is 35.3 Å². The van der Waals surface area contributed by atoms with Crippen molar-refractivity contribution in [3.05, 3.63) is 34.6 Å². The van der Waals surface area contributed by atoms with Crippen LogP contribution < -0.4 is 10.6 Å². The fourth-order valence-electron chi connectivity index (χ4n) is 1.57. The summed E-state index contributed by atoms with van der Waals surface area (Å²) in [7, 11) is 1.73. The van der Waals surface area contributed by atoms with Crippen LogP contribution in [0, 0.1) is 5.82 Å². The number of rotatable bonds is 3. The highest BCUT2D eigenvalue weighted by Gasteiger charge is 2.11. The molecule has 0 aliphatic carbocycles. The van der Waals surface area contributed by atoms with Gasteiger partial charge in [-0.15, -0.1) is 24.0 Å². The molecule has 1 aromatic carbocycles. The highest BCUT2D eigenvalue weighted by atomic mass is 127. The molecule has 0 radical (unpaired) electrons. The largest absolute Gasteiger partial charge is 0.356 e. The van der Waals surface area contributed by atoms with Crippen LogP contribution in [0.2, 0.25) is 5.02 Å². The molecule has 0 fully saturated rings. The maximum absolute atomic E-state index is 12.9. The minimum atomic E-state index is -0.313. The summed E-state index contributed by atoms with van der Waals surface area (Å²) in [6.07, 6.45) is 0.712. The highest BCUT2D eigenvalue weighted by molar-refractivity contribution is 14.0. The molecule has 20 heavy (non-hydrogen) atoms. The molecule has 0 saturated carbocycles. The predicted molar refractivity (Wildman–Crippen MR) is 94.8 cm³/mol. The quantitative estimate of drug-likeness (QED) is 0.451. The number of nitrogens with zero attached hydrogens (tertiary/aromatic N) is 1. The van der Waals surface area contributed by atoms with Gasteiger partial charge in [-0.2, -0.15) is 0 Å². The van der Waals surface area contributed by atoms with Gasteiger partial charge in [-0.05, 0) is 44.9 Å². The number of hydrogen-bond donors (Lipinski definition) is 2. The topological polar surface area (TPSA) is 36.4 Å². The zero-order chi connectivity index (χ0) is 14.5. The van der Waals surface area contributed by atoms with Crippen LogP contribution in [0.3, 0.4) is 0 Å². The van der Waals surface area contributed by atoms with Gasteiger partial charge in [0.15, 0.2) is 5.96 Å². The van der Waals surface area contributed by atoms with E-state index >= 15 is 0 Å². The summed E-state index contributed by atoms with van der Waals surface area (Å²) in [4.78, 5) is 4.14. The van der Waals surface area contributed by atoms with Crippen molar-refractivity contribution in [1.29, 1.82) is 0 Å². The van der Waals surface area contributed by atoms with E-state index in [4.69, 9.17) is 11.6 Å². The average molecular weight is 414 g/mol. The second-order valence-corrected chi connectivity index (χ2v) is 5.77. The Bertz CT molecular complexity index is 458. The van der Waals surface area contributed by atoms with Crippen molar-refractivity contribution >= 4 is 41.5 Å². The third kappa shape index (κ3) is 7.28. The zero-order valence-corrected chi connectivity index (χ0v) is 15.3. The number of nitrogens with one attached hydrogen (secondary N) is 2. The van der Waals surface area contributed by atoms with Crippen LogP contribution in [0.15, 0.2) is 23.2 Å². The third-order valence-electron chi connectivity index (χ3n) is 2.42. The molecule has 0 unspecified atom stereocenters. The molecule has 114 valence electrons. The molecule has 0 saturated heterocycles. The summed E-state index contributed by atoms with van der Waals surface area (Å²) >= 11 is 5.97. The van der Waals surface area contributed by atoms with E-state index in [0.717, 1.165) is 11.5 Å². The van der Waals surface area contributed by atoms with Gasteiger partial charge in [0.05, 0.1) is 0 Å². The molecule has 0 amide bonds. The van der Waals surface area contributed by atoms with Gasteiger partial charge in [0.1, 0.15) is 5.82 Å².